The highest BCUT2D eigenvalue weighted by Crippen LogP contribution is 2.21. The average Bonchev–Trinajstić information content (AvgIpc) is 2.37. The van der Waals surface area contributed by atoms with Crippen molar-refractivity contribution in [3.05, 3.63) is 54.6 Å². The molecule has 0 unspecified atom stereocenters. The fraction of sp³-hybridized carbons (Fsp3) is 0. The fourth-order valence-corrected chi connectivity index (χ4v) is 1.69. The quantitative estimate of drug-likeness (QED) is 0.870. The molecule has 0 aliphatic rings. The van der Waals surface area contributed by atoms with Crippen LogP contribution < -0.4 is 9.32 Å². The van der Waals surface area contributed by atoms with E-state index in [4.69, 9.17) is 5.14 Å². The van der Waals surface area contributed by atoms with E-state index in [1.54, 1.807) is 12.1 Å². The lowest BCUT2D eigenvalue weighted by molar-refractivity contribution is 0.488. The van der Waals surface area contributed by atoms with Crippen LogP contribution in [0.3, 0.4) is 0 Å². The summed E-state index contributed by atoms with van der Waals surface area (Å²) in [5.41, 5.74) is 1.30. The molecule has 0 fully saturated rings. The first-order valence-electron chi connectivity index (χ1n) is 5.32. The first kappa shape index (κ1) is 13.2. The largest absolute Gasteiger partial charge is 0.380 e. The van der Waals surface area contributed by atoms with Gasteiger partial charge in [-0.25, -0.2) is 0 Å². The summed E-state index contributed by atoms with van der Waals surface area (Å²) in [7, 11) is -4.00. The molecule has 2 rings (SSSR count). The molecule has 2 N–H and O–H groups in total. The highest BCUT2D eigenvalue weighted by atomic mass is 32.2. The lowest BCUT2D eigenvalue weighted by Crippen LogP contribution is -2.18. The Morgan fingerprint density at radius 1 is 0.842 bits per heavy atom. The Bertz CT molecular complexity index is 667. The van der Waals surface area contributed by atoms with Crippen LogP contribution in [0.4, 0.5) is 11.4 Å². The Labute approximate surface area is 110 Å². The van der Waals surface area contributed by atoms with Gasteiger partial charge in [-0.1, -0.05) is 18.2 Å². The maximum Gasteiger partial charge on any atom is 0.380 e. The van der Waals surface area contributed by atoms with Crippen molar-refractivity contribution in [2.24, 2.45) is 15.4 Å². The molecule has 0 amide bonds. The van der Waals surface area contributed by atoms with Crippen LogP contribution in [0.5, 0.6) is 5.75 Å². The molecule has 0 heterocycles. The molecular formula is C12H11N3O3S. The van der Waals surface area contributed by atoms with Crippen molar-refractivity contribution in [1.29, 1.82) is 0 Å². The van der Waals surface area contributed by atoms with Gasteiger partial charge in [-0.05, 0) is 36.4 Å². The first-order chi connectivity index (χ1) is 9.03. The number of nitrogens with zero attached hydrogens (tertiary/aromatic N) is 2. The van der Waals surface area contributed by atoms with Gasteiger partial charge in [0, 0.05) is 0 Å². The van der Waals surface area contributed by atoms with Crippen molar-refractivity contribution in [3.63, 3.8) is 0 Å². The van der Waals surface area contributed by atoms with E-state index in [2.05, 4.69) is 14.4 Å². The summed E-state index contributed by atoms with van der Waals surface area (Å²) in [5, 5.41) is 12.8. The highest BCUT2D eigenvalue weighted by molar-refractivity contribution is 7.84. The number of nitrogens with two attached hydrogens (primary N) is 1. The molecule has 0 aromatic heterocycles. The standard InChI is InChI=1S/C12H11N3O3S/c13-19(16,17)18-12-8-6-11(7-9-12)15-14-10-4-2-1-3-5-10/h1-9H,(H2,13,16,17)/b15-14+. The lowest BCUT2D eigenvalue weighted by atomic mass is 10.3. The number of hydrogen-bond donors (Lipinski definition) is 1. The number of azo groups is 1. The minimum absolute atomic E-state index is 0.126. The van der Waals surface area contributed by atoms with Crippen LogP contribution in [0.2, 0.25) is 0 Å². The van der Waals surface area contributed by atoms with Crippen LogP contribution in [0.1, 0.15) is 0 Å². The number of rotatable bonds is 4. The predicted molar refractivity (Wildman–Crippen MR) is 70.8 cm³/mol. The molecule has 98 valence electrons. The topological polar surface area (TPSA) is 94.1 Å². The van der Waals surface area contributed by atoms with Crippen molar-refractivity contribution >= 4 is 21.7 Å². The van der Waals surface area contributed by atoms with Crippen LogP contribution >= 0.6 is 0 Å². The maximum atomic E-state index is 10.7. The van der Waals surface area contributed by atoms with Gasteiger partial charge in [-0.2, -0.15) is 23.8 Å². The van der Waals surface area contributed by atoms with Gasteiger partial charge in [0.15, 0.2) is 0 Å². The Morgan fingerprint density at radius 3 is 1.89 bits per heavy atom. The molecule has 0 atom stereocenters. The van der Waals surface area contributed by atoms with Gasteiger partial charge < -0.3 is 4.18 Å². The molecule has 0 spiro atoms. The van der Waals surface area contributed by atoms with Crippen LogP contribution in [0, 0.1) is 0 Å². The number of hydrogen-bond acceptors (Lipinski definition) is 5. The highest BCUT2D eigenvalue weighted by Gasteiger charge is 2.04. The van der Waals surface area contributed by atoms with Gasteiger partial charge in [-0.3, -0.25) is 0 Å². The Kier molecular flexibility index (Phi) is 3.88. The minimum Gasteiger partial charge on any atom is -0.371 e. The van der Waals surface area contributed by atoms with Crippen molar-refractivity contribution in [1.82, 2.24) is 0 Å². The maximum absolute atomic E-state index is 10.7. The third-order valence-electron chi connectivity index (χ3n) is 2.09. The SMILES string of the molecule is NS(=O)(=O)Oc1ccc(/N=N/c2ccccc2)cc1. The van der Waals surface area contributed by atoms with Crippen LogP contribution in [-0.4, -0.2) is 8.42 Å². The molecule has 7 heteroatoms. The zero-order valence-electron chi connectivity index (χ0n) is 9.80. The Hall–Kier alpha value is -2.25. The molecule has 0 bridgehead atoms. The molecule has 2 aromatic rings. The summed E-state index contributed by atoms with van der Waals surface area (Å²) in [5.74, 6) is 0.126. The molecular weight excluding hydrogens is 266 g/mol. The van der Waals surface area contributed by atoms with Gasteiger partial charge in [0.25, 0.3) is 0 Å². The second-order valence-corrected chi connectivity index (χ2v) is 4.76. The number of benzene rings is 2. The van der Waals surface area contributed by atoms with Gasteiger partial charge >= 0.3 is 10.3 Å². The van der Waals surface area contributed by atoms with Gasteiger partial charge in [0.2, 0.25) is 0 Å². The first-order valence-corrected chi connectivity index (χ1v) is 6.79. The van der Waals surface area contributed by atoms with Gasteiger partial charge in [-0.15, -0.1) is 0 Å². The average molecular weight is 277 g/mol. The van der Waals surface area contributed by atoms with E-state index in [0.29, 0.717) is 5.69 Å². The van der Waals surface area contributed by atoms with Crippen molar-refractivity contribution in [3.8, 4) is 5.75 Å². The lowest BCUT2D eigenvalue weighted by Gasteiger charge is -2.01. The normalized spacial score (nSPS) is 11.6. The van der Waals surface area contributed by atoms with E-state index in [0.717, 1.165) is 5.69 Å². The van der Waals surface area contributed by atoms with E-state index in [1.165, 1.54) is 12.1 Å². The van der Waals surface area contributed by atoms with E-state index in [-0.39, 0.29) is 5.75 Å². The fourth-order valence-electron chi connectivity index (χ4n) is 1.31. The van der Waals surface area contributed by atoms with Crippen LogP contribution in [-0.2, 0) is 10.3 Å². The molecule has 0 aliphatic heterocycles. The minimum atomic E-state index is -4.00. The summed E-state index contributed by atoms with van der Waals surface area (Å²) in [6.07, 6.45) is 0. The molecule has 0 aliphatic carbocycles. The summed E-state index contributed by atoms with van der Waals surface area (Å²) in [6.45, 7) is 0. The monoisotopic (exact) mass is 277 g/mol. The zero-order chi connectivity index (χ0) is 13.7. The summed E-state index contributed by atoms with van der Waals surface area (Å²) < 4.78 is 25.9. The molecule has 0 saturated carbocycles. The molecule has 19 heavy (non-hydrogen) atoms. The third-order valence-corrected chi connectivity index (χ3v) is 2.51. The van der Waals surface area contributed by atoms with Crippen LogP contribution in [0.25, 0.3) is 0 Å². The molecule has 0 radical (unpaired) electrons. The zero-order valence-corrected chi connectivity index (χ0v) is 10.6. The Morgan fingerprint density at radius 2 is 1.37 bits per heavy atom. The van der Waals surface area contributed by atoms with Crippen molar-refractivity contribution in [2.45, 2.75) is 0 Å². The molecule has 2 aromatic carbocycles. The molecule has 0 saturated heterocycles. The third kappa shape index (κ3) is 4.49. The van der Waals surface area contributed by atoms with E-state index < -0.39 is 10.3 Å². The smallest absolute Gasteiger partial charge is 0.371 e. The van der Waals surface area contributed by atoms with E-state index in [1.807, 2.05) is 30.3 Å². The second kappa shape index (κ2) is 5.59. The van der Waals surface area contributed by atoms with Gasteiger partial charge in [0.1, 0.15) is 5.75 Å². The molecule has 6 nitrogen and oxygen atoms in total. The van der Waals surface area contributed by atoms with Gasteiger partial charge in [0.05, 0.1) is 11.4 Å². The van der Waals surface area contributed by atoms with Crippen molar-refractivity contribution in [2.75, 3.05) is 0 Å². The summed E-state index contributed by atoms with van der Waals surface area (Å²) >= 11 is 0. The summed E-state index contributed by atoms with van der Waals surface area (Å²) in [4.78, 5) is 0. The predicted octanol–water partition coefficient (Wildman–Crippen LogP) is 2.68. The Balaban J connectivity index is 2.09. The van der Waals surface area contributed by atoms with Crippen LogP contribution in [0.15, 0.2) is 64.8 Å². The van der Waals surface area contributed by atoms with Crippen molar-refractivity contribution < 1.29 is 12.6 Å². The van der Waals surface area contributed by atoms with E-state index in [9.17, 15) is 8.42 Å². The second-order valence-electron chi connectivity index (χ2n) is 3.61. The summed E-state index contributed by atoms with van der Waals surface area (Å²) in [6, 6.07) is 15.3. The van der Waals surface area contributed by atoms with E-state index >= 15 is 0 Å².